The highest BCUT2D eigenvalue weighted by Crippen LogP contribution is 2.29. The molecule has 1 unspecified atom stereocenters. The molecule has 1 atom stereocenters. The van der Waals surface area contributed by atoms with Crippen LogP contribution < -0.4 is 5.73 Å². The van der Waals surface area contributed by atoms with E-state index in [0.717, 1.165) is 24.9 Å². The Bertz CT molecular complexity index is 364. The molecule has 1 aromatic rings. The van der Waals surface area contributed by atoms with Crippen LogP contribution in [0.2, 0.25) is 0 Å². The van der Waals surface area contributed by atoms with Crippen molar-refractivity contribution in [3.05, 3.63) is 20.8 Å². The summed E-state index contributed by atoms with van der Waals surface area (Å²) in [7, 11) is 0. The van der Waals surface area contributed by atoms with Gasteiger partial charge in [-0.25, -0.2) is 0 Å². The van der Waals surface area contributed by atoms with Gasteiger partial charge in [-0.05, 0) is 59.8 Å². The third-order valence-corrected chi connectivity index (χ3v) is 5.36. The lowest BCUT2D eigenvalue weighted by Gasteiger charge is -2.31. The molecule has 0 aliphatic carbocycles. The molecule has 0 amide bonds. The molecule has 0 saturated heterocycles. The van der Waals surface area contributed by atoms with Gasteiger partial charge in [-0.1, -0.05) is 27.7 Å². The van der Waals surface area contributed by atoms with Gasteiger partial charge in [0.25, 0.3) is 0 Å². The standard InChI is InChI=1S/C16H29BrN2S/c1-12(2)5-7-19(8-6-13(3)4)15(10-18)16-9-14(17)11-20-16/h9,11-13,15H,5-8,10,18H2,1-4H3. The van der Waals surface area contributed by atoms with Crippen molar-refractivity contribution >= 4 is 27.3 Å². The van der Waals surface area contributed by atoms with Gasteiger partial charge in [0.2, 0.25) is 0 Å². The molecule has 2 nitrogen and oxygen atoms in total. The molecule has 0 aliphatic rings. The maximum atomic E-state index is 6.08. The van der Waals surface area contributed by atoms with Crippen molar-refractivity contribution in [3.8, 4) is 0 Å². The fourth-order valence-electron chi connectivity index (χ4n) is 2.22. The minimum atomic E-state index is 0.365. The van der Waals surface area contributed by atoms with Crippen LogP contribution in [0.5, 0.6) is 0 Å². The SMILES string of the molecule is CC(C)CCN(CCC(C)C)C(CN)c1cc(Br)cs1. The Kier molecular flexibility index (Phi) is 8.34. The van der Waals surface area contributed by atoms with Gasteiger partial charge in [0.15, 0.2) is 0 Å². The topological polar surface area (TPSA) is 29.3 Å². The van der Waals surface area contributed by atoms with Gasteiger partial charge in [-0.3, -0.25) is 4.90 Å². The van der Waals surface area contributed by atoms with Gasteiger partial charge in [-0.15, -0.1) is 11.3 Å². The molecule has 0 spiro atoms. The van der Waals surface area contributed by atoms with E-state index in [0.29, 0.717) is 12.6 Å². The van der Waals surface area contributed by atoms with E-state index < -0.39 is 0 Å². The van der Waals surface area contributed by atoms with Gasteiger partial charge in [-0.2, -0.15) is 0 Å². The van der Waals surface area contributed by atoms with Gasteiger partial charge in [0.05, 0.1) is 6.04 Å². The van der Waals surface area contributed by atoms with E-state index in [1.165, 1.54) is 22.2 Å². The number of nitrogens with two attached hydrogens (primary N) is 1. The normalized spacial score (nSPS) is 13.7. The number of nitrogens with zero attached hydrogens (tertiary/aromatic N) is 1. The smallest absolute Gasteiger partial charge is 0.0564 e. The van der Waals surface area contributed by atoms with Crippen LogP contribution in [0.1, 0.15) is 51.5 Å². The van der Waals surface area contributed by atoms with E-state index in [4.69, 9.17) is 5.73 Å². The van der Waals surface area contributed by atoms with E-state index in [1.54, 1.807) is 0 Å². The minimum absolute atomic E-state index is 0.365. The van der Waals surface area contributed by atoms with Crippen molar-refractivity contribution in [2.45, 2.75) is 46.6 Å². The van der Waals surface area contributed by atoms with E-state index in [-0.39, 0.29) is 0 Å². The summed E-state index contributed by atoms with van der Waals surface area (Å²) < 4.78 is 1.17. The maximum Gasteiger partial charge on any atom is 0.0564 e. The van der Waals surface area contributed by atoms with Crippen molar-refractivity contribution in [1.82, 2.24) is 4.90 Å². The Morgan fingerprint density at radius 1 is 1.15 bits per heavy atom. The molecule has 1 aromatic heterocycles. The van der Waals surface area contributed by atoms with Crippen LogP contribution in [-0.2, 0) is 0 Å². The number of hydrogen-bond acceptors (Lipinski definition) is 3. The summed E-state index contributed by atoms with van der Waals surface area (Å²) in [5.41, 5.74) is 6.08. The lowest BCUT2D eigenvalue weighted by Crippen LogP contribution is -2.35. The fraction of sp³-hybridized carbons (Fsp3) is 0.750. The number of hydrogen-bond donors (Lipinski definition) is 1. The van der Waals surface area contributed by atoms with Crippen molar-refractivity contribution in [3.63, 3.8) is 0 Å². The third-order valence-electron chi connectivity index (χ3n) is 3.57. The predicted molar refractivity (Wildman–Crippen MR) is 94.3 cm³/mol. The molecule has 0 aliphatic heterocycles. The summed E-state index contributed by atoms with van der Waals surface area (Å²) in [6.45, 7) is 12.1. The molecule has 2 N–H and O–H groups in total. The lowest BCUT2D eigenvalue weighted by atomic mass is 10.1. The second-order valence-corrected chi connectivity index (χ2v) is 8.18. The zero-order valence-corrected chi connectivity index (χ0v) is 15.6. The molecule has 4 heteroatoms. The molecule has 0 saturated carbocycles. The number of rotatable bonds is 9. The average molecular weight is 361 g/mol. The molecule has 0 bridgehead atoms. The summed E-state index contributed by atoms with van der Waals surface area (Å²) in [4.78, 5) is 3.96. The van der Waals surface area contributed by atoms with Crippen molar-refractivity contribution in [1.29, 1.82) is 0 Å². The zero-order chi connectivity index (χ0) is 15.1. The van der Waals surface area contributed by atoms with Gasteiger partial charge in [0.1, 0.15) is 0 Å². The van der Waals surface area contributed by atoms with Crippen LogP contribution >= 0.6 is 27.3 Å². The molecule has 20 heavy (non-hydrogen) atoms. The zero-order valence-electron chi connectivity index (χ0n) is 13.2. The van der Waals surface area contributed by atoms with Crippen molar-refractivity contribution < 1.29 is 0 Å². The third kappa shape index (κ3) is 6.25. The maximum absolute atomic E-state index is 6.08. The molecule has 116 valence electrons. The fourth-order valence-corrected chi connectivity index (χ4v) is 3.81. The molecule has 0 fully saturated rings. The quantitative estimate of drug-likeness (QED) is 0.677. The summed E-state index contributed by atoms with van der Waals surface area (Å²) in [6, 6.07) is 2.59. The monoisotopic (exact) mass is 360 g/mol. The van der Waals surface area contributed by atoms with Crippen LogP contribution in [-0.4, -0.2) is 24.5 Å². The van der Waals surface area contributed by atoms with Crippen molar-refractivity contribution in [2.24, 2.45) is 17.6 Å². The Balaban J connectivity index is 2.75. The number of thiophene rings is 1. The summed E-state index contributed by atoms with van der Waals surface area (Å²) in [5, 5.41) is 2.15. The van der Waals surface area contributed by atoms with Gasteiger partial charge in [0, 0.05) is 21.3 Å². The Hall–Kier alpha value is 0.1000. The number of halogens is 1. The predicted octanol–water partition coefficient (Wildman–Crippen LogP) is 4.90. The first-order valence-electron chi connectivity index (χ1n) is 7.62. The Labute approximate surface area is 136 Å². The molecule has 0 radical (unpaired) electrons. The van der Waals surface area contributed by atoms with Gasteiger partial charge < -0.3 is 5.73 Å². The van der Waals surface area contributed by atoms with Crippen LogP contribution in [0.15, 0.2) is 15.9 Å². The second-order valence-electron chi connectivity index (χ2n) is 6.32. The first kappa shape index (κ1) is 18.1. The van der Waals surface area contributed by atoms with E-state index in [2.05, 4.69) is 60.0 Å². The summed E-state index contributed by atoms with van der Waals surface area (Å²) >= 11 is 5.36. The summed E-state index contributed by atoms with van der Waals surface area (Å²) in [6.07, 6.45) is 2.47. The first-order chi connectivity index (χ1) is 9.43. The average Bonchev–Trinajstić information content (AvgIpc) is 2.78. The molecular weight excluding hydrogens is 332 g/mol. The van der Waals surface area contributed by atoms with E-state index in [1.807, 2.05) is 11.3 Å². The highest BCUT2D eigenvalue weighted by molar-refractivity contribution is 9.10. The highest BCUT2D eigenvalue weighted by Gasteiger charge is 2.20. The molecule has 1 heterocycles. The Morgan fingerprint density at radius 3 is 2.05 bits per heavy atom. The van der Waals surface area contributed by atoms with E-state index >= 15 is 0 Å². The van der Waals surface area contributed by atoms with Crippen LogP contribution in [0.25, 0.3) is 0 Å². The molecule has 0 aromatic carbocycles. The van der Waals surface area contributed by atoms with Crippen LogP contribution in [0, 0.1) is 11.8 Å². The molecular formula is C16H29BrN2S. The Morgan fingerprint density at radius 2 is 1.70 bits per heavy atom. The largest absolute Gasteiger partial charge is 0.329 e. The minimum Gasteiger partial charge on any atom is -0.329 e. The highest BCUT2D eigenvalue weighted by atomic mass is 79.9. The lowest BCUT2D eigenvalue weighted by molar-refractivity contribution is 0.183. The van der Waals surface area contributed by atoms with Crippen molar-refractivity contribution in [2.75, 3.05) is 19.6 Å². The van der Waals surface area contributed by atoms with Gasteiger partial charge >= 0.3 is 0 Å². The second kappa shape index (κ2) is 9.19. The summed E-state index contributed by atoms with van der Waals surface area (Å²) in [5.74, 6) is 1.48. The first-order valence-corrected chi connectivity index (χ1v) is 9.29. The van der Waals surface area contributed by atoms with E-state index in [9.17, 15) is 0 Å². The van der Waals surface area contributed by atoms with Crippen LogP contribution in [0.3, 0.4) is 0 Å². The molecule has 1 rings (SSSR count). The van der Waals surface area contributed by atoms with Crippen LogP contribution in [0.4, 0.5) is 0 Å².